The lowest BCUT2D eigenvalue weighted by Gasteiger charge is -2.32. The van der Waals surface area contributed by atoms with Gasteiger partial charge in [0, 0.05) is 32.7 Å². The number of amides is 1. The average Bonchev–Trinajstić information content (AvgIpc) is 2.92. The summed E-state index contributed by atoms with van der Waals surface area (Å²) in [5, 5.41) is 0.607. The summed E-state index contributed by atoms with van der Waals surface area (Å²) >= 11 is 1.34. The highest BCUT2D eigenvalue weighted by atomic mass is 32.1. The summed E-state index contributed by atoms with van der Waals surface area (Å²) in [4.78, 5) is 35.4. The van der Waals surface area contributed by atoms with E-state index in [-0.39, 0.29) is 11.5 Å². The quantitative estimate of drug-likeness (QED) is 0.847. The van der Waals surface area contributed by atoms with Crippen molar-refractivity contribution in [2.75, 3.05) is 33.2 Å². The number of hydrogen-bond acceptors (Lipinski definition) is 5. The van der Waals surface area contributed by atoms with E-state index in [2.05, 4.69) is 23.9 Å². The molecular weight excluding hydrogens is 324 g/mol. The molecule has 1 aliphatic heterocycles. The predicted molar refractivity (Wildman–Crippen MR) is 96.9 cm³/mol. The number of carbonyl (C=O) groups excluding carboxylic acids is 1. The normalized spacial score (nSPS) is 16.0. The van der Waals surface area contributed by atoms with E-state index >= 15 is 0 Å². The third kappa shape index (κ3) is 3.10. The number of hydrogen-bond donors (Lipinski definition) is 0. The van der Waals surface area contributed by atoms with Gasteiger partial charge >= 0.3 is 0 Å². The smallest absolute Gasteiger partial charge is 0.264 e. The van der Waals surface area contributed by atoms with Gasteiger partial charge in [0.1, 0.15) is 4.83 Å². The van der Waals surface area contributed by atoms with Gasteiger partial charge in [0.05, 0.1) is 16.6 Å². The Kier molecular flexibility index (Phi) is 5.01. The SMILES string of the molecule is CCCCn1cnc2sc(C(=O)N3CCN(C)CC3)c(C)c2c1=O. The van der Waals surface area contributed by atoms with Crippen LogP contribution >= 0.6 is 11.3 Å². The molecular formula is C17H24N4O2S. The summed E-state index contributed by atoms with van der Waals surface area (Å²) in [7, 11) is 2.06. The Hall–Kier alpha value is -1.73. The molecule has 6 nitrogen and oxygen atoms in total. The zero-order valence-electron chi connectivity index (χ0n) is 14.5. The van der Waals surface area contributed by atoms with Crippen LogP contribution in [0.4, 0.5) is 0 Å². The average molecular weight is 348 g/mol. The molecule has 1 amide bonds. The molecule has 0 aromatic carbocycles. The molecule has 1 fully saturated rings. The topological polar surface area (TPSA) is 58.4 Å². The van der Waals surface area contributed by atoms with Crippen molar-refractivity contribution in [3.05, 3.63) is 27.1 Å². The Morgan fingerprint density at radius 3 is 2.67 bits per heavy atom. The fraction of sp³-hybridized carbons (Fsp3) is 0.588. The van der Waals surface area contributed by atoms with Crippen molar-refractivity contribution in [1.82, 2.24) is 19.4 Å². The van der Waals surface area contributed by atoms with Gasteiger partial charge in [-0.15, -0.1) is 11.3 Å². The third-order valence-corrected chi connectivity index (χ3v) is 5.84. The molecule has 7 heteroatoms. The molecule has 1 saturated heterocycles. The molecule has 0 radical (unpaired) electrons. The summed E-state index contributed by atoms with van der Waals surface area (Å²) < 4.78 is 1.66. The van der Waals surface area contributed by atoms with Crippen LogP contribution in [-0.2, 0) is 6.54 Å². The molecule has 2 aromatic heterocycles. The Balaban J connectivity index is 1.95. The van der Waals surface area contributed by atoms with Gasteiger partial charge < -0.3 is 9.80 Å². The summed E-state index contributed by atoms with van der Waals surface area (Å²) in [6, 6.07) is 0. The second-order valence-electron chi connectivity index (χ2n) is 6.43. The zero-order valence-corrected chi connectivity index (χ0v) is 15.4. The number of aryl methyl sites for hydroxylation is 2. The number of rotatable bonds is 4. The number of likely N-dealkylation sites (N-methyl/N-ethyl adjacent to an activating group) is 1. The van der Waals surface area contributed by atoms with Crippen LogP contribution in [0.3, 0.4) is 0 Å². The zero-order chi connectivity index (χ0) is 17.3. The minimum Gasteiger partial charge on any atom is -0.335 e. The van der Waals surface area contributed by atoms with E-state index in [9.17, 15) is 9.59 Å². The van der Waals surface area contributed by atoms with Crippen molar-refractivity contribution < 1.29 is 4.79 Å². The van der Waals surface area contributed by atoms with Crippen LogP contribution < -0.4 is 5.56 Å². The van der Waals surface area contributed by atoms with Gasteiger partial charge in [-0.1, -0.05) is 13.3 Å². The van der Waals surface area contributed by atoms with E-state index in [0.717, 1.165) is 44.6 Å². The fourth-order valence-electron chi connectivity index (χ4n) is 3.00. The van der Waals surface area contributed by atoms with Crippen LogP contribution in [0.15, 0.2) is 11.1 Å². The number of fused-ring (bicyclic) bond motifs is 1. The molecule has 0 aliphatic carbocycles. The number of carbonyl (C=O) groups is 1. The predicted octanol–water partition coefficient (Wildman–Crippen LogP) is 1.95. The van der Waals surface area contributed by atoms with Crippen molar-refractivity contribution in [2.45, 2.75) is 33.2 Å². The Labute approximate surface area is 145 Å². The molecule has 130 valence electrons. The Bertz CT molecular complexity index is 803. The molecule has 3 rings (SSSR count). The van der Waals surface area contributed by atoms with E-state index in [1.54, 1.807) is 10.9 Å². The van der Waals surface area contributed by atoms with Crippen molar-refractivity contribution in [2.24, 2.45) is 0 Å². The number of nitrogens with zero attached hydrogens (tertiary/aromatic N) is 4. The van der Waals surface area contributed by atoms with Gasteiger partial charge in [-0.2, -0.15) is 0 Å². The van der Waals surface area contributed by atoms with Gasteiger partial charge in [-0.05, 0) is 26.0 Å². The maximum atomic E-state index is 12.8. The van der Waals surface area contributed by atoms with E-state index in [4.69, 9.17) is 0 Å². The fourth-order valence-corrected chi connectivity index (χ4v) is 4.11. The molecule has 0 bridgehead atoms. The molecule has 1 aliphatic rings. The van der Waals surface area contributed by atoms with Gasteiger partial charge in [0.15, 0.2) is 0 Å². The van der Waals surface area contributed by atoms with Crippen LogP contribution in [0.25, 0.3) is 10.2 Å². The first-order valence-electron chi connectivity index (χ1n) is 8.49. The number of aromatic nitrogens is 2. The second-order valence-corrected chi connectivity index (χ2v) is 7.43. The minimum atomic E-state index is -0.0281. The lowest BCUT2D eigenvalue weighted by Crippen LogP contribution is -2.47. The van der Waals surface area contributed by atoms with Gasteiger partial charge in [-0.25, -0.2) is 4.98 Å². The highest BCUT2D eigenvalue weighted by molar-refractivity contribution is 7.20. The minimum absolute atomic E-state index is 0.0281. The highest BCUT2D eigenvalue weighted by Crippen LogP contribution is 2.28. The molecule has 2 aromatic rings. The first-order valence-corrected chi connectivity index (χ1v) is 9.31. The van der Waals surface area contributed by atoms with Crippen LogP contribution in [0.1, 0.15) is 35.0 Å². The largest absolute Gasteiger partial charge is 0.335 e. The van der Waals surface area contributed by atoms with Gasteiger partial charge in [-0.3, -0.25) is 14.2 Å². The van der Waals surface area contributed by atoms with Gasteiger partial charge in [0.25, 0.3) is 11.5 Å². The third-order valence-electron chi connectivity index (χ3n) is 4.65. The summed E-state index contributed by atoms with van der Waals surface area (Å²) in [6.07, 6.45) is 3.59. The molecule has 0 N–H and O–H groups in total. The molecule has 0 saturated carbocycles. The number of piperazine rings is 1. The van der Waals surface area contributed by atoms with Gasteiger partial charge in [0.2, 0.25) is 0 Å². The Morgan fingerprint density at radius 2 is 2.00 bits per heavy atom. The summed E-state index contributed by atoms with van der Waals surface area (Å²) in [5.74, 6) is 0.0307. The maximum absolute atomic E-state index is 12.8. The van der Waals surface area contributed by atoms with Crippen molar-refractivity contribution in [1.29, 1.82) is 0 Å². The lowest BCUT2D eigenvalue weighted by atomic mass is 10.2. The Morgan fingerprint density at radius 1 is 1.29 bits per heavy atom. The molecule has 0 unspecified atom stereocenters. The second kappa shape index (κ2) is 7.03. The molecule has 3 heterocycles. The standard InChI is InChI=1S/C17H24N4O2S/c1-4-5-6-21-11-18-15-13(16(21)22)12(2)14(24-15)17(23)20-9-7-19(3)8-10-20/h11H,4-10H2,1-3H3. The van der Waals surface area contributed by atoms with Crippen LogP contribution in [-0.4, -0.2) is 58.5 Å². The van der Waals surface area contributed by atoms with Crippen molar-refractivity contribution >= 4 is 27.5 Å². The van der Waals surface area contributed by atoms with Crippen LogP contribution in [0, 0.1) is 6.92 Å². The van der Waals surface area contributed by atoms with E-state index in [0.29, 0.717) is 21.6 Å². The first kappa shape index (κ1) is 17.1. The molecule has 0 spiro atoms. The first-order chi connectivity index (χ1) is 11.5. The monoisotopic (exact) mass is 348 g/mol. The number of unbranched alkanes of at least 4 members (excludes halogenated alkanes) is 1. The summed E-state index contributed by atoms with van der Waals surface area (Å²) in [6.45, 7) is 7.88. The lowest BCUT2D eigenvalue weighted by molar-refractivity contribution is 0.0668. The van der Waals surface area contributed by atoms with E-state index < -0.39 is 0 Å². The number of thiophene rings is 1. The maximum Gasteiger partial charge on any atom is 0.264 e. The molecule has 24 heavy (non-hydrogen) atoms. The van der Waals surface area contributed by atoms with E-state index in [1.807, 2.05) is 11.8 Å². The van der Waals surface area contributed by atoms with Crippen molar-refractivity contribution in [3.63, 3.8) is 0 Å². The summed E-state index contributed by atoms with van der Waals surface area (Å²) in [5.41, 5.74) is 0.752. The van der Waals surface area contributed by atoms with Crippen LogP contribution in [0.2, 0.25) is 0 Å². The van der Waals surface area contributed by atoms with Crippen LogP contribution in [0.5, 0.6) is 0 Å². The van der Waals surface area contributed by atoms with E-state index in [1.165, 1.54) is 11.3 Å². The van der Waals surface area contributed by atoms with Crippen molar-refractivity contribution in [3.8, 4) is 0 Å². The molecule has 0 atom stereocenters. The highest BCUT2D eigenvalue weighted by Gasteiger charge is 2.25.